The van der Waals surface area contributed by atoms with Crippen LogP contribution in [0.2, 0.25) is 0 Å². The number of aromatic nitrogens is 1. The van der Waals surface area contributed by atoms with E-state index in [0.29, 0.717) is 17.2 Å². The van der Waals surface area contributed by atoms with Crippen LogP contribution in [0.15, 0.2) is 18.3 Å². The average molecular weight is 235 g/mol. The molecule has 1 aromatic heterocycles. The number of hydrogen-bond donors (Lipinski definition) is 1. The van der Waals surface area contributed by atoms with E-state index in [9.17, 15) is 4.39 Å². The molecule has 0 atom stereocenters. The third-order valence-electron chi connectivity index (χ3n) is 3.30. The Morgan fingerprint density at radius 3 is 2.82 bits per heavy atom. The summed E-state index contributed by atoms with van der Waals surface area (Å²) >= 11 is 0. The molecule has 1 saturated carbocycles. The summed E-state index contributed by atoms with van der Waals surface area (Å²) in [4.78, 5) is 3.79. The van der Waals surface area contributed by atoms with E-state index in [0.717, 1.165) is 0 Å². The number of aliphatic hydroxyl groups is 1. The van der Waals surface area contributed by atoms with E-state index in [4.69, 9.17) is 5.11 Å². The Hall–Kier alpha value is -1.22. The second-order valence-corrected chi connectivity index (χ2v) is 4.61. The smallest absolute Gasteiger partial charge is 0.148 e. The van der Waals surface area contributed by atoms with Gasteiger partial charge in [-0.05, 0) is 24.8 Å². The van der Waals surface area contributed by atoms with Gasteiger partial charge >= 0.3 is 0 Å². The first-order valence-corrected chi connectivity index (χ1v) is 6.23. The fourth-order valence-electron chi connectivity index (χ4n) is 2.28. The molecule has 1 fully saturated rings. The maximum atomic E-state index is 13.5. The van der Waals surface area contributed by atoms with Crippen molar-refractivity contribution >= 4 is 6.08 Å². The van der Waals surface area contributed by atoms with Gasteiger partial charge < -0.3 is 5.11 Å². The van der Waals surface area contributed by atoms with Crippen molar-refractivity contribution in [3.63, 3.8) is 0 Å². The minimum atomic E-state index is -0.325. The summed E-state index contributed by atoms with van der Waals surface area (Å²) in [6, 6.07) is 1.61. The summed E-state index contributed by atoms with van der Waals surface area (Å²) < 4.78 is 13.5. The fraction of sp³-hybridized carbons (Fsp3) is 0.500. The minimum absolute atomic E-state index is 0.148. The highest BCUT2D eigenvalue weighted by atomic mass is 19.1. The van der Waals surface area contributed by atoms with Gasteiger partial charge in [0.15, 0.2) is 0 Å². The number of nitrogens with zero attached hydrogens (tertiary/aromatic N) is 1. The van der Waals surface area contributed by atoms with Gasteiger partial charge in [0.1, 0.15) is 5.82 Å². The SMILES string of the molecule is OCc1cc(/C=C/C2CCCCC2)c(F)cn1. The standard InChI is InChI=1S/C14H18FNO/c15-14-9-16-13(10-17)8-12(14)7-6-11-4-2-1-3-5-11/h6-9,11,17H,1-5,10H2/b7-6+. The number of pyridine rings is 1. The second kappa shape index (κ2) is 5.92. The van der Waals surface area contributed by atoms with Crippen molar-refractivity contribution in [2.24, 2.45) is 5.92 Å². The maximum absolute atomic E-state index is 13.5. The van der Waals surface area contributed by atoms with Gasteiger partial charge in [-0.15, -0.1) is 0 Å². The summed E-state index contributed by atoms with van der Waals surface area (Å²) in [5.41, 5.74) is 1.03. The van der Waals surface area contributed by atoms with E-state index < -0.39 is 0 Å². The highest BCUT2D eigenvalue weighted by Gasteiger charge is 2.10. The largest absolute Gasteiger partial charge is 0.390 e. The molecule has 17 heavy (non-hydrogen) atoms. The number of aliphatic hydroxyl groups excluding tert-OH is 1. The molecule has 0 aromatic carbocycles. The summed E-state index contributed by atoms with van der Waals surface area (Å²) in [6.45, 7) is -0.148. The van der Waals surface area contributed by atoms with Gasteiger partial charge in [-0.3, -0.25) is 4.98 Å². The summed E-state index contributed by atoms with van der Waals surface area (Å²) in [7, 11) is 0. The lowest BCUT2D eigenvalue weighted by molar-refractivity contribution is 0.276. The number of hydrogen-bond acceptors (Lipinski definition) is 2. The van der Waals surface area contributed by atoms with Crippen LogP contribution in [0.3, 0.4) is 0 Å². The fourth-order valence-corrected chi connectivity index (χ4v) is 2.28. The normalized spacial score (nSPS) is 17.8. The Kier molecular flexibility index (Phi) is 4.26. The Balaban J connectivity index is 2.08. The zero-order valence-electron chi connectivity index (χ0n) is 9.90. The Bertz CT molecular complexity index is 397. The monoisotopic (exact) mass is 235 g/mol. The van der Waals surface area contributed by atoms with Crippen LogP contribution in [0.5, 0.6) is 0 Å². The van der Waals surface area contributed by atoms with Gasteiger partial charge in [0.05, 0.1) is 18.5 Å². The van der Waals surface area contributed by atoms with Crippen LogP contribution >= 0.6 is 0 Å². The van der Waals surface area contributed by atoms with E-state index in [-0.39, 0.29) is 12.4 Å². The molecule has 1 N–H and O–H groups in total. The van der Waals surface area contributed by atoms with Crippen molar-refractivity contribution in [3.8, 4) is 0 Å². The second-order valence-electron chi connectivity index (χ2n) is 4.61. The predicted molar refractivity (Wildman–Crippen MR) is 65.7 cm³/mol. The van der Waals surface area contributed by atoms with E-state index in [2.05, 4.69) is 11.1 Å². The highest BCUT2D eigenvalue weighted by molar-refractivity contribution is 5.50. The first-order valence-electron chi connectivity index (χ1n) is 6.23. The zero-order valence-corrected chi connectivity index (χ0v) is 9.90. The van der Waals surface area contributed by atoms with E-state index in [1.54, 1.807) is 6.07 Å². The van der Waals surface area contributed by atoms with Gasteiger partial charge in [0.25, 0.3) is 0 Å². The van der Waals surface area contributed by atoms with Crippen molar-refractivity contribution in [2.75, 3.05) is 0 Å². The summed E-state index contributed by atoms with van der Waals surface area (Å²) in [5.74, 6) is 0.253. The average Bonchev–Trinajstić information content (AvgIpc) is 2.39. The number of halogens is 1. The van der Waals surface area contributed by atoms with Crippen LogP contribution in [-0.4, -0.2) is 10.1 Å². The molecule has 0 amide bonds. The Morgan fingerprint density at radius 2 is 2.12 bits per heavy atom. The number of allylic oxidation sites excluding steroid dienone is 1. The minimum Gasteiger partial charge on any atom is -0.390 e. The molecule has 1 heterocycles. The molecule has 92 valence electrons. The van der Waals surface area contributed by atoms with Crippen molar-refractivity contribution in [1.82, 2.24) is 4.98 Å². The Morgan fingerprint density at radius 1 is 1.35 bits per heavy atom. The topological polar surface area (TPSA) is 33.1 Å². The van der Waals surface area contributed by atoms with E-state index >= 15 is 0 Å². The molecule has 0 unspecified atom stereocenters. The first kappa shape index (κ1) is 12.2. The van der Waals surface area contributed by atoms with E-state index in [1.165, 1.54) is 38.3 Å². The summed E-state index contributed by atoms with van der Waals surface area (Å²) in [5, 5.41) is 8.96. The van der Waals surface area contributed by atoms with Crippen LogP contribution in [0.25, 0.3) is 6.08 Å². The van der Waals surface area contributed by atoms with Crippen molar-refractivity contribution in [3.05, 3.63) is 35.4 Å². The van der Waals surface area contributed by atoms with Crippen LogP contribution < -0.4 is 0 Å². The molecular formula is C14H18FNO. The van der Waals surface area contributed by atoms with Crippen molar-refractivity contribution in [1.29, 1.82) is 0 Å². The molecule has 0 bridgehead atoms. The lowest BCUT2D eigenvalue weighted by atomic mass is 9.89. The molecule has 0 spiro atoms. The molecule has 3 heteroatoms. The lowest BCUT2D eigenvalue weighted by Crippen LogP contribution is -2.02. The zero-order chi connectivity index (χ0) is 12.1. The third-order valence-corrected chi connectivity index (χ3v) is 3.30. The van der Waals surface area contributed by atoms with Crippen molar-refractivity contribution < 1.29 is 9.50 Å². The molecular weight excluding hydrogens is 217 g/mol. The van der Waals surface area contributed by atoms with Crippen LogP contribution in [0, 0.1) is 11.7 Å². The molecule has 1 aliphatic carbocycles. The van der Waals surface area contributed by atoms with E-state index in [1.807, 2.05) is 6.08 Å². The van der Waals surface area contributed by atoms with Gasteiger partial charge in [0.2, 0.25) is 0 Å². The van der Waals surface area contributed by atoms with Gasteiger partial charge in [-0.1, -0.05) is 31.4 Å². The first-order chi connectivity index (χ1) is 8.29. The van der Waals surface area contributed by atoms with Crippen LogP contribution in [0.4, 0.5) is 4.39 Å². The van der Waals surface area contributed by atoms with Crippen LogP contribution in [0.1, 0.15) is 43.4 Å². The molecule has 0 saturated heterocycles. The molecule has 1 aromatic rings. The molecule has 2 rings (SSSR count). The predicted octanol–water partition coefficient (Wildman–Crippen LogP) is 3.31. The number of rotatable bonds is 3. The summed E-state index contributed by atoms with van der Waals surface area (Å²) in [6.07, 6.45) is 11.4. The molecule has 1 aliphatic rings. The van der Waals surface area contributed by atoms with Gasteiger partial charge in [-0.2, -0.15) is 0 Å². The molecule has 0 radical (unpaired) electrons. The maximum Gasteiger partial charge on any atom is 0.148 e. The van der Waals surface area contributed by atoms with Gasteiger partial charge in [0, 0.05) is 5.56 Å². The Labute approximate surface area is 101 Å². The molecule has 0 aliphatic heterocycles. The highest BCUT2D eigenvalue weighted by Crippen LogP contribution is 2.25. The third kappa shape index (κ3) is 3.37. The van der Waals surface area contributed by atoms with Gasteiger partial charge in [-0.25, -0.2) is 4.39 Å². The van der Waals surface area contributed by atoms with Crippen LogP contribution in [-0.2, 0) is 6.61 Å². The lowest BCUT2D eigenvalue weighted by Gasteiger charge is -2.17. The van der Waals surface area contributed by atoms with Crippen molar-refractivity contribution in [2.45, 2.75) is 38.7 Å². The quantitative estimate of drug-likeness (QED) is 0.872. The molecule has 2 nitrogen and oxygen atoms in total.